The van der Waals surface area contributed by atoms with Gasteiger partial charge in [0.1, 0.15) is 33.9 Å². The van der Waals surface area contributed by atoms with Gasteiger partial charge in [0.2, 0.25) is 0 Å². The van der Waals surface area contributed by atoms with Gasteiger partial charge in [-0.1, -0.05) is 6.07 Å². The normalized spacial score (nSPS) is 11.6. The van der Waals surface area contributed by atoms with E-state index in [9.17, 15) is 18.7 Å². The first-order chi connectivity index (χ1) is 17.4. The molecule has 0 unspecified atom stereocenters. The Morgan fingerprint density at radius 1 is 1.05 bits per heavy atom. The summed E-state index contributed by atoms with van der Waals surface area (Å²) in [6.45, 7) is 8.52. The fourth-order valence-corrected chi connectivity index (χ4v) is 4.20. The summed E-state index contributed by atoms with van der Waals surface area (Å²) in [5.74, 6) is -1.42. The van der Waals surface area contributed by atoms with Crippen LogP contribution < -0.4 is 10.3 Å². The van der Waals surface area contributed by atoms with Gasteiger partial charge in [-0.2, -0.15) is 0 Å². The summed E-state index contributed by atoms with van der Waals surface area (Å²) >= 11 is 3.31. The molecule has 7 nitrogen and oxygen atoms in total. The first kappa shape index (κ1) is 26.6. The van der Waals surface area contributed by atoms with Crippen LogP contribution in [0.15, 0.2) is 52.0 Å². The molecule has 0 aliphatic rings. The number of ether oxygens (including phenoxy) is 1. The smallest absolute Gasteiger partial charge is 0.273 e. The Hall–Kier alpha value is -3.50. The van der Waals surface area contributed by atoms with Crippen LogP contribution in [0.1, 0.15) is 42.1 Å². The Kier molecular flexibility index (Phi) is 7.25. The summed E-state index contributed by atoms with van der Waals surface area (Å²) in [5, 5.41) is 10.4. The van der Waals surface area contributed by atoms with Gasteiger partial charge in [-0.15, -0.1) is 0 Å². The summed E-state index contributed by atoms with van der Waals surface area (Å²) in [6, 6.07) is 7.78. The van der Waals surface area contributed by atoms with Crippen LogP contribution in [0.2, 0.25) is 0 Å². The Morgan fingerprint density at radius 2 is 1.78 bits per heavy atom. The molecule has 0 bridgehead atoms. The summed E-state index contributed by atoms with van der Waals surface area (Å²) in [7, 11) is 0. The van der Waals surface area contributed by atoms with E-state index in [0.29, 0.717) is 28.5 Å². The van der Waals surface area contributed by atoms with Gasteiger partial charge in [-0.05, 0) is 73.8 Å². The second kappa shape index (κ2) is 10.1. The highest BCUT2D eigenvalue weighted by Crippen LogP contribution is 2.29. The molecule has 0 radical (unpaired) electrons. The number of rotatable bonds is 6. The van der Waals surface area contributed by atoms with Crippen molar-refractivity contribution in [2.75, 3.05) is 0 Å². The van der Waals surface area contributed by atoms with Crippen molar-refractivity contribution >= 4 is 15.9 Å². The van der Waals surface area contributed by atoms with Crippen molar-refractivity contribution in [3.63, 3.8) is 0 Å². The minimum absolute atomic E-state index is 0.0825. The lowest BCUT2D eigenvalue weighted by Gasteiger charge is -2.19. The van der Waals surface area contributed by atoms with Gasteiger partial charge in [0.05, 0.1) is 29.0 Å². The lowest BCUT2D eigenvalue weighted by molar-refractivity contribution is 0.0739. The number of aryl methyl sites for hydroxylation is 3. The van der Waals surface area contributed by atoms with E-state index in [2.05, 4.69) is 30.9 Å². The minimum atomic E-state index is -1.13. The third-order valence-corrected chi connectivity index (χ3v) is 6.56. The van der Waals surface area contributed by atoms with Gasteiger partial charge in [0.15, 0.2) is 5.82 Å². The molecule has 37 heavy (non-hydrogen) atoms. The highest BCUT2D eigenvalue weighted by molar-refractivity contribution is 9.10. The third kappa shape index (κ3) is 5.45. The summed E-state index contributed by atoms with van der Waals surface area (Å²) < 4.78 is 34.4. The van der Waals surface area contributed by atoms with Gasteiger partial charge in [-0.3, -0.25) is 19.3 Å². The fraction of sp³-hybridized carbons (Fsp3) is 0.259. The van der Waals surface area contributed by atoms with Crippen LogP contribution in [0.25, 0.3) is 17.1 Å². The van der Waals surface area contributed by atoms with E-state index in [1.54, 1.807) is 45.2 Å². The van der Waals surface area contributed by atoms with Crippen LogP contribution >= 0.6 is 15.9 Å². The Balaban J connectivity index is 1.75. The average Bonchev–Trinajstić information content (AvgIpc) is 2.82. The first-order valence-electron chi connectivity index (χ1n) is 11.4. The van der Waals surface area contributed by atoms with Gasteiger partial charge in [0.25, 0.3) is 5.56 Å². The monoisotopic (exact) mass is 570 g/mol. The second-order valence-electron chi connectivity index (χ2n) is 9.25. The molecule has 1 N–H and O–H groups in total. The van der Waals surface area contributed by atoms with Crippen LogP contribution in [-0.4, -0.2) is 24.6 Å². The summed E-state index contributed by atoms with van der Waals surface area (Å²) in [6.07, 6.45) is 2.56. The zero-order valence-electron chi connectivity index (χ0n) is 20.9. The number of pyridine rings is 4. The molecule has 0 spiro atoms. The first-order valence-corrected chi connectivity index (χ1v) is 12.2. The second-order valence-corrected chi connectivity index (χ2v) is 10.0. The molecule has 0 aliphatic heterocycles. The molecule has 10 heteroatoms. The molecule has 0 aliphatic carbocycles. The molecule has 4 aromatic heterocycles. The standard InChI is InChI=1S/C27H25BrF2N4O3/c1-14-6-7-23(27(4,5)36)33-25(14)19-10-21(15(2)11-31-19)34-16(3)8-22(24(28)26(34)35)37-13-20-18(30)9-17(29)12-32-20/h6-12,36H,13H2,1-5H3. The van der Waals surface area contributed by atoms with Gasteiger partial charge in [0, 0.05) is 24.0 Å². The number of halogens is 3. The number of hydrogen-bond donors (Lipinski definition) is 1. The van der Waals surface area contributed by atoms with Crippen molar-refractivity contribution in [2.24, 2.45) is 0 Å². The quantitative estimate of drug-likeness (QED) is 0.331. The van der Waals surface area contributed by atoms with E-state index in [0.717, 1.165) is 23.4 Å². The predicted octanol–water partition coefficient (Wildman–Crippen LogP) is 5.46. The molecular weight excluding hydrogens is 546 g/mol. The maximum Gasteiger partial charge on any atom is 0.273 e. The van der Waals surface area contributed by atoms with E-state index in [1.165, 1.54) is 4.57 Å². The molecule has 0 amide bonds. The van der Waals surface area contributed by atoms with Gasteiger partial charge in [-0.25, -0.2) is 13.8 Å². The lowest BCUT2D eigenvalue weighted by Crippen LogP contribution is -2.23. The van der Waals surface area contributed by atoms with Crippen LogP contribution in [-0.2, 0) is 12.2 Å². The van der Waals surface area contributed by atoms with Gasteiger partial charge < -0.3 is 9.84 Å². The molecule has 192 valence electrons. The average molecular weight is 571 g/mol. The number of hydrogen-bond acceptors (Lipinski definition) is 6. The maximum absolute atomic E-state index is 14.0. The molecule has 0 saturated carbocycles. The van der Waals surface area contributed by atoms with Crippen LogP contribution in [0.3, 0.4) is 0 Å². The van der Waals surface area contributed by atoms with Crippen molar-refractivity contribution in [3.05, 3.63) is 97.4 Å². The molecular formula is C27H25BrF2N4O3. The van der Waals surface area contributed by atoms with E-state index < -0.39 is 22.8 Å². The molecule has 4 rings (SSSR count). The van der Waals surface area contributed by atoms with Crippen molar-refractivity contribution in [1.82, 2.24) is 19.5 Å². The van der Waals surface area contributed by atoms with Gasteiger partial charge >= 0.3 is 0 Å². The summed E-state index contributed by atoms with van der Waals surface area (Å²) in [4.78, 5) is 26.3. The van der Waals surface area contributed by atoms with Crippen LogP contribution in [0, 0.1) is 32.4 Å². The predicted molar refractivity (Wildman–Crippen MR) is 139 cm³/mol. The Bertz CT molecular complexity index is 1570. The molecule has 4 heterocycles. The zero-order chi connectivity index (χ0) is 27.1. The number of aromatic nitrogens is 4. The van der Waals surface area contributed by atoms with Crippen molar-refractivity contribution in [2.45, 2.75) is 46.8 Å². The van der Waals surface area contributed by atoms with Crippen molar-refractivity contribution < 1.29 is 18.6 Å². The summed E-state index contributed by atoms with van der Waals surface area (Å²) in [5.41, 5.74) is 2.82. The topological polar surface area (TPSA) is 90.1 Å². The SMILES string of the molecule is Cc1cnc(-c2nc(C(C)(C)O)ccc2C)cc1-n1c(C)cc(OCc2ncc(F)cc2F)c(Br)c1=O. The zero-order valence-corrected chi connectivity index (χ0v) is 22.5. The molecule has 0 atom stereocenters. The van der Waals surface area contributed by atoms with E-state index in [4.69, 9.17) is 4.74 Å². The fourth-order valence-electron chi connectivity index (χ4n) is 3.79. The molecule has 0 fully saturated rings. The molecule has 0 saturated heterocycles. The minimum Gasteiger partial charge on any atom is -0.486 e. The lowest BCUT2D eigenvalue weighted by atomic mass is 10.0. The van der Waals surface area contributed by atoms with Crippen LogP contribution in [0.5, 0.6) is 5.75 Å². The van der Waals surface area contributed by atoms with E-state index >= 15 is 0 Å². The Labute approximate surface area is 221 Å². The molecule has 4 aromatic rings. The van der Waals surface area contributed by atoms with Crippen molar-refractivity contribution in [3.8, 4) is 22.8 Å². The molecule has 0 aromatic carbocycles. The number of nitrogens with zero attached hydrogens (tertiary/aromatic N) is 4. The van der Waals surface area contributed by atoms with Crippen LogP contribution in [0.4, 0.5) is 8.78 Å². The van der Waals surface area contributed by atoms with Crippen molar-refractivity contribution in [1.29, 1.82) is 0 Å². The van der Waals surface area contributed by atoms with E-state index in [-0.39, 0.29) is 22.5 Å². The van der Waals surface area contributed by atoms with E-state index in [1.807, 2.05) is 19.9 Å². The largest absolute Gasteiger partial charge is 0.486 e. The highest BCUT2D eigenvalue weighted by Gasteiger charge is 2.21. The Morgan fingerprint density at radius 3 is 2.46 bits per heavy atom. The third-order valence-electron chi connectivity index (χ3n) is 5.83. The highest BCUT2D eigenvalue weighted by atomic mass is 79.9. The maximum atomic E-state index is 14.0. The number of aliphatic hydroxyl groups is 1.